The van der Waals surface area contributed by atoms with Crippen LogP contribution in [-0.4, -0.2) is 44.1 Å². The summed E-state index contributed by atoms with van der Waals surface area (Å²) in [6.07, 6.45) is 3.60. The van der Waals surface area contributed by atoms with Crippen LogP contribution in [0.15, 0.2) is 60.7 Å². The first-order valence-corrected chi connectivity index (χ1v) is 12.5. The Morgan fingerprint density at radius 1 is 0.865 bits per heavy atom. The van der Waals surface area contributed by atoms with Crippen molar-refractivity contribution in [2.24, 2.45) is 5.92 Å². The van der Waals surface area contributed by atoms with Gasteiger partial charge in [-0.1, -0.05) is 30.3 Å². The highest BCUT2D eigenvalue weighted by atomic mass is 19.1. The van der Waals surface area contributed by atoms with E-state index in [2.05, 4.69) is 10.6 Å². The molecule has 0 aromatic heterocycles. The third kappa shape index (κ3) is 7.06. The van der Waals surface area contributed by atoms with Crippen LogP contribution in [0.3, 0.4) is 0 Å². The lowest BCUT2D eigenvalue weighted by Gasteiger charge is -2.28. The summed E-state index contributed by atoms with van der Waals surface area (Å²) in [5, 5.41) is 7.41. The minimum absolute atomic E-state index is 0.0563. The van der Waals surface area contributed by atoms with Gasteiger partial charge in [0, 0.05) is 31.1 Å². The summed E-state index contributed by atoms with van der Waals surface area (Å²) in [5.74, 6) is -1.03. The fraction of sp³-hybridized carbons (Fsp3) is 0.345. The van der Waals surface area contributed by atoms with Crippen LogP contribution in [0.1, 0.15) is 52.8 Å². The number of esters is 1. The van der Waals surface area contributed by atoms with Gasteiger partial charge in [0.1, 0.15) is 11.6 Å². The summed E-state index contributed by atoms with van der Waals surface area (Å²) in [6.45, 7) is 0.365. The highest BCUT2D eigenvalue weighted by Crippen LogP contribution is 2.30. The van der Waals surface area contributed by atoms with Crippen LogP contribution in [0.2, 0.25) is 0 Å². The Hall–Kier alpha value is -3.94. The molecule has 7 nitrogen and oxygen atoms in total. The molecule has 0 spiro atoms. The largest absolute Gasteiger partial charge is 0.490 e. The van der Waals surface area contributed by atoms with Crippen LogP contribution in [0.5, 0.6) is 5.75 Å². The number of carbonyl (C=O) groups excluding carboxylic acids is 3. The third-order valence-electron chi connectivity index (χ3n) is 6.67. The molecular weight excluding hydrogens is 475 g/mol. The van der Waals surface area contributed by atoms with Gasteiger partial charge in [-0.15, -0.1) is 0 Å². The standard InChI is InChI=1S/C29H31FN2O5/c1-36-27(33)16-19-6-10-23(11-7-19)37-24-12-13-25(26(30)18-24)29(35)32-15-14-31-28(34)22-9-8-20-4-2-3-5-21(20)17-22/h2-5,8-9,12-13,17-19,23H,6-7,10-11,14-16H2,1H3,(H,31,34)(H,32,35). The lowest BCUT2D eigenvalue weighted by Crippen LogP contribution is -2.35. The first kappa shape index (κ1) is 26.1. The Labute approximate surface area is 215 Å². The zero-order chi connectivity index (χ0) is 26.2. The topological polar surface area (TPSA) is 93.7 Å². The average molecular weight is 507 g/mol. The van der Waals surface area contributed by atoms with Gasteiger partial charge in [0.2, 0.25) is 0 Å². The van der Waals surface area contributed by atoms with Crippen molar-refractivity contribution in [1.29, 1.82) is 0 Å². The maximum atomic E-state index is 14.6. The van der Waals surface area contributed by atoms with E-state index in [4.69, 9.17) is 9.47 Å². The second kappa shape index (κ2) is 12.3. The predicted octanol–water partition coefficient (Wildman–Crippen LogP) is 4.64. The van der Waals surface area contributed by atoms with E-state index in [9.17, 15) is 18.8 Å². The second-order valence-corrected chi connectivity index (χ2v) is 9.26. The van der Waals surface area contributed by atoms with Crippen molar-refractivity contribution >= 4 is 28.6 Å². The van der Waals surface area contributed by atoms with E-state index >= 15 is 0 Å². The van der Waals surface area contributed by atoms with Crippen LogP contribution < -0.4 is 15.4 Å². The molecule has 3 aromatic rings. The average Bonchev–Trinajstić information content (AvgIpc) is 2.91. The van der Waals surface area contributed by atoms with Crippen LogP contribution >= 0.6 is 0 Å². The zero-order valence-electron chi connectivity index (χ0n) is 20.8. The van der Waals surface area contributed by atoms with Crippen LogP contribution in [0, 0.1) is 11.7 Å². The first-order chi connectivity index (χ1) is 17.9. The lowest BCUT2D eigenvalue weighted by molar-refractivity contribution is -0.142. The molecule has 37 heavy (non-hydrogen) atoms. The van der Waals surface area contributed by atoms with Crippen molar-refractivity contribution in [3.8, 4) is 5.75 Å². The molecule has 3 aromatic carbocycles. The van der Waals surface area contributed by atoms with Crippen molar-refractivity contribution in [1.82, 2.24) is 10.6 Å². The van der Waals surface area contributed by atoms with Gasteiger partial charge < -0.3 is 20.1 Å². The molecule has 0 aliphatic heterocycles. The molecule has 1 saturated carbocycles. The van der Waals surface area contributed by atoms with E-state index in [1.807, 2.05) is 36.4 Å². The van der Waals surface area contributed by atoms with Crippen LogP contribution in [-0.2, 0) is 9.53 Å². The number of nitrogens with one attached hydrogen (secondary N) is 2. The molecule has 0 saturated heterocycles. The number of amides is 2. The molecule has 1 fully saturated rings. The van der Waals surface area contributed by atoms with Gasteiger partial charge in [0.25, 0.3) is 11.8 Å². The van der Waals surface area contributed by atoms with Gasteiger partial charge >= 0.3 is 5.97 Å². The van der Waals surface area contributed by atoms with Crippen LogP contribution in [0.4, 0.5) is 4.39 Å². The Bertz CT molecular complexity index is 1270. The third-order valence-corrected chi connectivity index (χ3v) is 6.67. The molecular formula is C29H31FN2O5. The van der Waals surface area contributed by atoms with E-state index in [0.717, 1.165) is 36.5 Å². The molecule has 0 heterocycles. The Morgan fingerprint density at radius 2 is 1.57 bits per heavy atom. The van der Waals surface area contributed by atoms with Gasteiger partial charge in [-0.25, -0.2) is 4.39 Å². The Balaban J connectivity index is 1.21. The normalized spacial score (nSPS) is 17.1. The summed E-state index contributed by atoms with van der Waals surface area (Å²) >= 11 is 0. The van der Waals surface area contributed by atoms with E-state index in [-0.39, 0.29) is 42.6 Å². The lowest BCUT2D eigenvalue weighted by atomic mass is 9.85. The van der Waals surface area contributed by atoms with Crippen LogP contribution in [0.25, 0.3) is 10.8 Å². The minimum Gasteiger partial charge on any atom is -0.490 e. The van der Waals surface area contributed by atoms with Gasteiger partial charge in [-0.2, -0.15) is 0 Å². The van der Waals surface area contributed by atoms with Gasteiger partial charge in [-0.3, -0.25) is 14.4 Å². The number of benzene rings is 3. The maximum Gasteiger partial charge on any atom is 0.305 e. The summed E-state index contributed by atoms with van der Waals surface area (Å²) < 4.78 is 25.3. The number of hydrogen-bond donors (Lipinski definition) is 2. The highest BCUT2D eigenvalue weighted by molar-refractivity contribution is 5.98. The fourth-order valence-electron chi connectivity index (χ4n) is 4.60. The molecule has 1 aliphatic carbocycles. The number of ether oxygens (including phenoxy) is 2. The molecule has 1 aliphatic rings. The molecule has 194 valence electrons. The number of hydrogen-bond acceptors (Lipinski definition) is 5. The number of rotatable bonds is 9. The second-order valence-electron chi connectivity index (χ2n) is 9.26. The van der Waals surface area contributed by atoms with E-state index in [1.54, 1.807) is 12.1 Å². The van der Waals surface area contributed by atoms with Gasteiger partial charge in [0.05, 0.1) is 18.8 Å². The molecule has 2 amide bonds. The quantitative estimate of drug-likeness (QED) is 0.326. The van der Waals surface area contributed by atoms with Crippen molar-refractivity contribution in [2.45, 2.75) is 38.2 Å². The monoisotopic (exact) mass is 506 g/mol. The predicted molar refractivity (Wildman–Crippen MR) is 138 cm³/mol. The maximum absolute atomic E-state index is 14.6. The van der Waals surface area contributed by atoms with Crippen molar-refractivity contribution in [2.75, 3.05) is 20.2 Å². The van der Waals surface area contributed by atoms with Gasteiger partial charge in [0.15, 0.2) is 0 Å². The molecule has 0 unspecified atom stereocenters. The highest BCUT2D eigenvalue weighted by Gasteiger charge is 2.25. The molecule has 2 N–H and O–H groups in total. The fourth-order valence-corrected chi connectivity index (χ4v) is 4.60. The smallest absolute Gasteiger partial charge is 0.305 e. The van der Waals surface area contributed by atoms with Crippen molar-refractivity contribution < 1.29 is 28.2 Å². The molecule has 0 bridgehead atoms. The van der Waals surface area contributed by atoms with Gasteiger partial charge in [-0.05, 0) is 66.6 Å². The molecule has 8 heteroatoms. The zero-order valence-corrected chi connectivity index (χ0v) is 20.8. The summed E-state index contributed by atoms with van der Waals surface area (Å²) in [6, 6.07) is 17.4. The Morgan fingerprint density at radius 3 is 2.27 bits per heavy atom. The number of methoxy groups -OCH3 is 1. The SMILES string of the molecule is COC(=O)CC1CCC(Oc2ccc(C(=O)NCCNC(=O)c3ccc4ccccc4c3)c(F)c2)CC1. The van der Waals surface area contributed by atoms with Crippen molar-refractivity contribution in [3.05, 3.63) is 77.6 Å². The summed E-state index contributed by atoms with van der Waals surface area (Å²) in [5.41, 5.74) is 0.443. The number of halogens is 1. The molecule has 4 rings (SSSR count). The summed E-state index contributed by atoms with van der Waals surface area (Å²) in [7, 11) is 1.39. The molecule has 0 radical (unpaired) electrons. The number of fused-ring (bicyclic) bond motifs is 1. The minimum atomic E-state index is -0.672. The first-order valence-electron chi connectivity index (χ1n) is 12.5. The Kier molecular flexibility index (Phi) is 8.72. The van der Waals surface area contributed by atoms with E-state index < -0.39 is 11.7 Å². The van der Waals surface area contributed by atoms with E-state index in [0.29, 0.717) is 17.7 Å². The molecule has 0 atom stereocenters. The summed E-state index contributed by atoms with van der Waals surface area (Å²) in [4.78, 5) is 36.3. The number of carbonyl (C=O) groups is 3. The van der Waals surface area contributed by atoms with Crippen molar-refractivity contribution in [3.63, 3.8) is 0 Å². The van der Waals surface area contributed by atoms with E-state index in [1.165, 1.54) is 19.2 Å².